The molecule has 0 aliphatic heterocycles. The second kappa shape index (κ2) is 4.65. The van der Waals surface area contributed by atoms with E-state index >= 15 is 0 Å². The Morgan fingerprint density at radius 2 is 2.12 bits per heavy atom. The molecule has 6 heteroatoms. The molecule has 1 heterocycles. The summed E-state index contributed by atoms with van der Waals surface area (Å²) in [5.41, 5.74) is 6.75. The maximum Gasteiger partial charge on any atom is 0.251 e. The number of aromatic nitrogens is 3. The van der Waals surface area contributed by atoms with Crippen LogP contribution in [0.4, 0.5) is 5.69 Å². The van der Waals surface area contributed by atoms with Crippen LogP contribution in [0.5, 0.6) is 0 Å². The molecule has 2 rings (SSSR count). The first kappa shape index (κ1) is 11.1. The SMILES string of the molecule is Cn1cnnc1CNC(=O)c1ccc(N)cc1. The third-order valence-electron chi connectivity index (χ3n) is 2.39. The summed E-state index contributed by atoms with van der Waals surface area (Å²) in [5, 5.41) is 10.4. The number of nitrogen functional groups attached to an aromatic ring is 1. The van der Waals surface area contributed by atoms with Crippen LogP contribution >= 0.6 is 0 Å². The van der Waals surface area contributed by atoms with Gasteiger partial charge < -0.3 is 15.6 Å². The van der Waals surface area contributed by atoms with E-state index in [1.54, 1.807) is 35.2 Å². The molecule has 1 aromatic carbocycles. The predicted octanol–water partition coefficient (Wildman–Crippen LogP) is 0.327. The zero-order chi connectivity index (χ0) is 12.3. The maximum atomic E-state index is 11.8. The second-order valence-electron chi connectivity index (χ2n) is 3.66. The zero-order valence-corrected chi connectivity index (χ0v) is 9.42. The van der Waals surface area contributed by atoms with Crippen LogP contribution in [0.1, 0.15) is 16.2 Å². The van der Waals surface area contributed by atoms with Gasteiger partial charge in [0.15, 0.2) is 5.82 Å². The molecule has 0 radical (unpaired) electrons. The Bertz CT molecular complexity index is 517. The van der Waals surface area contributed by atoms with E-state index in [2.05, 4.69) is 15.5 Å². The Balaban J connectivity index is 1.98. The van der Waals surface area contributed by atoms with Crippen molar-refractivity contribution in [3.63, 3.8) is 0 Å². The number of nitrogens with one attached hydrogen (secondary N) is 1. The Kier molecular flexibility index (Phi) is 3.04. The average Bonchev–Trinajstić information content (AvgIpc) is 2.73. The first-order chi connectivity index (χ1) is 8.16. The molecule has 0 aliphatic carbocycles. The van der Waals surface area contributed by atoms with Gasteiger partial charge in [0, 0.05) is 18.3 Å². The van der Waals surface area contributed by atoms with Crippen molar-refractivity contribution in [3.8, 4) is 0 Å². The molecule has 0 atom stereocenters. The topological polar surface area (TPSA) is 85.8 Å². The van der Waals surface area contributed by atoms with Crippen LogP contribution in [-0.4, -0.2) is 20.7 Å². The Morgan fingerprint density at radius 3 is 2.71 bits per heavy atom. The van der Waals surface area contributed by atoms with Crippen LogP contribution in [-0.2, 0) is 13.6 Å². The van der Waals surface area contributed by atoms with Crippen molar-refractivity contribution in [2.45, 2.75) is 6.54 Å². The molecule has 1 amide bonds. The van der Waals surface area contributed by atoms with Crippen molar-refractivity contribution in [3.05, 3.63) is 42.0 Å². The smallest absolute Gasteiger partial charge is 0.251 e. The summed E-state index contributed by atoms with van der Waals surface area (Å²) in [6.45, 7) is 0.347. The Morgan fingerprint density at radius 1 is 1.41 bits per heavy atom. The first-order valence-corrected chi connectivity index (χ1v) is 5.13. The van der Waals surface area contributed by atoms with Crippen LogP contribution in [0.3, 0.4) is 0 Å². The number of rotatable bonds is 3. The largest absolute Gasteiger partial charge is 0.399 e. The molecule has 0 aliphatic rings. The van der Waals surface area contributed by atoms with E-state index in [9.17, 15) is 4.79 Å². The van der Waals surface area contributed by atoms with Crippen molar-refractivity contribution in [2.24, 2.45) is 7.05 Å². The molecular formula is C11H13N5O. The van der Waals surface area contributed by atoms with Gasteiger partial charge in [-0.15, -0.1) is 10.2 Å². The van der Waals surface area contributed by atoms with Gasteiger partial charge in [-0.1, -0.05) is 0 Å². The number of hydrogen-bond acceptors (Lipinski definition) is 4. The van der Waals surface area contributed by atoms with Crippen LogP contribution in [0.25, 0.3) is 0 Å². The maximum absolute atomic E-state index is 11.8. The number of hydrogen-bond donors (Lipinski definition) is 2. The number of anilines is 1. The number of aryl methyl sites for hydroxylation is 1. The van der Waals surface area contributed by atoms with Crippen LogP contribution in [0.15, 0.2) is 30.6 Å². The van der Waals surface area contributed by atoms with Crippen molar-refractivity contribution < 1.29 is 4.79 Å². The van der Waals surface area contributed by atoms with Crippen LogP contribution < -0.4 is 11.1 Å². The third kappa shape index (κ3) is 2.60. The Labute approximate surface area is 98.5 Å². The van der Waals surface area contributed by atoms with Crippen LogP contribution in [0.2, 0.25) is 0 Å². The van der Waals surface area contributed by atoms with Gasteiger partial charge in [0.05, 0.1) is 6.54 Å². The molecule has 0 saturated heterocycles. The third-order valence-corrected chi connectivity index (χ3v) is 2.39. The summed E-state index contributed by atoms with van der Waals surface area (Å²) in [4.78, 5) is 11.8. The lowest BCUT2D eigenvalue weighted by Crippen LogP contribution is -2.24. The van der Waals surface area contributed by atoms with E-state index in [0.717, 1.165) is 0 Å². The van der Waals surface area contributed by atoms with E-state index in [0.29, 0.717) is 23.6 Å². The first-order valence-electron chi connectivity index (χ1n) is 5.13. The van der Waals surface area contributed by atoms with Gasteiger partial charge in [-0.25, -0.2) is 0 Å². The minimum atomic E-state index is -0.159. The number of carbonyl (C=O) groups is 1. The fourth-order valence-electron chi connectivity index (χ4n) is 1.36. The van der Waals surface area contributed by atoms with Crippen LogP contribution in [0, 0.1) is 0 Å². The van der Waals surface area contributed by atoms with E-state index < -0.39 is 0 Å². The summed E-state index contributed by atoms with van der Waals surface area (Å²) in [5.74, 6) is 0.543. The quantitative estimate of drug-likeness (QED) is 0.745. The van der Waals surface area contributed by atoms with Gasteiger partial charge >= 0.3 is 0 Å². The highest BCUT2D eigenvalue weighted by Crippen LogP contribution is 2.05. The van der Waals surface area contributed by atoms with Gasteiger partial charge in [-0.2, -0.15) is 0 Å². The van der Waals surface area contributed by atoms with Gasteiger partial charge in [0.2, 0.25) is 0 Å². The summed E-state index contributed by atoms with van der Waals surface area (Å²) in [7, 11) is 1.82. The standard InChI is InChI=1S/C11H13N5O/c1-16-7-14-15-10(16)6-13-11(17)8-2-4-9(12)5-3-8/h2-5,7H,6,12H2,1H3,(H,13,17). The van der Waals surface area contributed by atoms with Crippen molar-refractivity contribution >= 4 is 11.6 Å². The number of nitrogens with zero attached hydrogens (tertiary/aromatic N) is 3. The summed E-state index contributed by atoms with van der Waals surface area (Å²) in [6.07, 6.45) is 1.59. The highest BCUT2D eigenvalue weighted by atomic mass is 16.1. The molecule has 6 nitrogen and oxygen atoms in total. The van der Waals surface area contributed by atoms with Gasteiger partial charge in [-0.05, 0) is 24.3 Å². The molecule has 0 unspecified atom stereocenters. The summed E-state index contributed by atoms with van der Waals surface area (Å²) < 4.78 is 1.75. The molecule has 0 fully saturated rings. The van der Waals surface area contributed by atoms with Gasteiger partial charge in [0.1, 0.15) is 6.33 Å². The minimum Gasteiger partial charge on any atom is -0.399 e. The normalized spacial score (nSPS) is 10.2. The molecular weight excluding hydrogens is 218 g/mol. The fraction of sp³-hybridized carbons (Fsp3) is 0.182. The van der Waals surface area contributed by atoms with E-state index in [1.165, 1.54) is 0 Å². The highest BCUT2D eigenvalue weighted by Gasteiger charge is 2.06. The van der Waals surface area contributed by atoms with Crippen molar-refractivity contribution in [1.29, 1.82) is 0 Å². The number of carbonyl (C=O) groups excluding carboxylic acids is 1. The average molecular weight is 231 g/mol. The Hall–Kier alpha value is -2.37. The minimum absolute atomic E-state index is 0.159. The fourth-order valence-corrected chi connectivity index (χ4v) is 1.36. The van der Waals surface area contributed by atoms with Gasteiger partial charge in [0.25, 0.3) is 5.91 Å². The monoisotopic (exact) mass is 231 g/mol. The molecule has 0 spiro atoms. The molecule has 0 bridgehead atoms. The highest BCUT2D eigenvalue weighted by molar-refractivity contribution is 5.94. The lowest BCUT2D eigenvalue weighted by Gasteiger charge is -2.04. The van der Waals surface area contributed by atoms with E-state index in [-0.39, 0.29) is 5.91 Å². The lowest BCUT2D eigenvalue weighted by atomic mass is 10.2. The van der Waals surface area contributed by atoms with E-state index in [1.807, 2.05) is 7.05 Å². The molecule has 17 heavy (non-hydrogen) atoms. The predicted molar refractivity (Wildman–Crippen MR) is 63.0 cm³/mol. The van der Waals surface area contributed by atoms with Crippen molar-refractivity contribution in [1.82, 2.24) is 20.1 Å². The molecule has 0 saturated carbocycles. The summed E-state index contributed by atoms with van der Waals surface area (Å²) in [6, 6.07) is 6.75. The van der Waals surface area contributed by atoms with E-state index in [4.69, 9.17) is 5.73 Å². The summed E-state index contributed by atoms with van der Waals surface area (Å²) >= 11 is 0. The number of amides is 1. The molecule has 1 aromatic heterocycles. The second-order valence-corrected chi connectivity index (χ2v) is 3.66. The number of benzene rings is 1. The van der Waals surface area contributed by atoms with Crippen molar-refractivity contribution in [2.75, 3.05) is 5.73 Å². The molecule has 88 valence electrons. The lowest BCUT2D eigenvalue weighted by molar-refractivity contribution is 0.0949. The zero-order valence-electron chi connectivity index (χ0n) is 9.42. The molecule has 3 N–H and O–H groups in total. The number of nitrogens with two attached hydrogens (primary N) is 1. The molecule has 2 aromatic rings. The van der Waals surface area contributed by atoms with Gasteiger partial charge in [-0.3, -0.25) is 4.79 Å².